The van der Waals surface area contributed by atoms with Gasteiger partial charge in [0.25, 0.3) is 11.0 Å². The highest BCUT2D eigenvalue weighted by Gasteiger charge is 2.49. The second-order valence-corrected chi connectivity index (χ2v) is 15.0. The molecule has 0 radical (unpaired) electrons. The average molecular weight is 857 g/mol. The summed E-state index contributed by atoms with van der Waals surface area (Å²) in [6.45, 7) is 1.93. The lowest BCUT2D eigenvalue weighted by molar-refractivity contribution is -0.758. The summed E-state index contributed by atoms with van der Waals surface area (Å²) in [7, 11) is 1.31. The average Bonchev–Trinajstić information content (AvgIpc) is 4.03. The van der Waals surface area contributed by atoms with E-state index in [4.69, 9.17) is 35.3 Å². The van der Waals surface area contributed by atoms with Crippen molar-refractivity contribution in [3.63, 3.8) is 0 Å². The molecule has 322 valence electrons. The SMILES string of the molecule is COC(=O)CCOc1nccc(CN(C(=O)C2=C(c3ccc(CCCOc4c(F)ccc(F)c4Cl)cc3)CC3CCC2N3C(=O)OCCOCCO[N+](=O)[O-])C2CC2)c1C. The van der Waals surface area contributed by atoms with Gasteiger partial charge in [0.1, 0.15) is 30.7 Å². The molecule has 0 N–H and O–H groups in total. The van der Waals surface area contributed by atoms with Gasteiger partial charge in [-0.3, -0.25) is 14.5 Å². The Morgan fingerprint density at radius 2 is 1.70 bits per heavy atom. The van der Waals surface area contributed by atoms with Crippen LogP contribution in [0.25, 0.3) is 5.57 Å². The fourth-order valence-electron chi connectivity index (χ4n) is 7.53. The van der Waals surface area contributed by atoms with Crippen molar-refractivity contribution >= 4 is 35.1 Å². The van der Waals surface area contributed by atoms with E-state index in [1.807, 2.05) is 42.2 Å². The highest BCUT2D eigenvalue weighted by atomic mass is 35.5. The predicted octanol–water partition coefficient (Wildman–Crippen LogP) is 6.82. The molecule has 18 heteroatoms. The first-order valence-corrected chi connectivity index (χ1v) is 20.2. The fourth-order valence-corrected chi connectivity index (χ4v) is 7.74. The summed E-state index contributed by atoms with van der Waals surface area (Å²) in [5.41, 5.74) is 4.76. The lowest BCUT2D eigenvalue weighted by Gasteiger charge is -2.38. The monoisotopic (exact) mass is 856 g/mol. The largest absolute Gasteiger partial charge is 0.489 e. The number of esters is 1. The van der Waals surface area contributed by atoms with Crippen LogP contribution < -0.4 is 9.47 Å². The zero-order chi connectivity index (χ0) is 42.8. The number of ether oxygens (including phenoxy) is 5. The summed E-state index contributed by atoms with van der Waals surface area (Å²) in [6, 6.07) is 10.8. The summed E-state index contributed by atoms with van der Waals surface area (Å²) in [5, 5.41) is 9.06. The van der Waals surface area contributed by atoms with E-state index in [0.717, 1.165) is 52.8 Å². The van der Waals surface area contributed by atoms with E-state index in [9.17, 15) is 28.5 Å². The van der Waals surface area contributed by atoms with Crippen LogP contribution in [-0.2, 0) is 41.6 Å². The van der Waals surface area contributed by atoms with Crippen LogP contribution in [-0.4, -0.2) is 103 Å². The minimum Gasteiger partial charge on any atom is -0.489 e. The minimum absolute atomic E-state index is 0.00586. The van der Waals surface area contributed by atoms with Gasteiger partial charge in [-0.05, 0) is 92.3 Å². The maximum absolute atomic E-state index is 15.1. The first kappa shape index (κ1) is 44.0. The highest BCUT2D eigenvalue weighted by molar-refractivity contribution is 6.32. The number of rotatable bonds is 21. The predicted molar refractivity (Wildman–Crippen MR) is 212 cm³/mol. The number of hydrogen-bond acceptors (Lipinski definition) is 12. The molecule has 15 nitrogen and oxygen atoms in total. The number of pyridine rings is 1. The zero-order valence-electron chi connectivity index (χ0n) is 33.4. The van der Waals surface area contributed by atoms with Gasteiger partial charge in [0.2, 0.25) is 5.88 Å². The molecule has 2 fully saturated rings. The van der Waals surface area contributed by atoms with Gasteiger partial charge in [-0.25, -0.2) is 18.6 Å². The third-order valence-electron chi connectivity index (χ3n) is 10.7. The first-order valence-electron chi connectivity index (χ1n) is 19.8. The van der Waals surface area contributed by atoms with Gasteiger partial charge in [0, 0.05) is 36.0 Å². The molecule has 3 heterocycles. The van der Waals surface area contributed by atoms with Gasteiger partial charge in [0.05, 0.1) is 39.4 Å². The fraction of sp³-hybridized carbons (Fsp3) is 0.476. The standard InChI is InChI=1S/C42H47ClF2N4O11/c1-26-29(15-17-46-40(26)58-19-16-36(50)55-2)25-47(30-9-10-30)41(51)37-32(24-31-11-14-35(37)48(31)42(52)59-22-20-56-21-23-60-49(53)54)28-7-5-27(6-8-28)4-3-18-57-39-34(45)13-12-33(44)38(39)43/h5-8,12-13,15,17,30-31,35H,3-4,9-11,14,16,18-25H2,1-2H3. The second-order valence-electron chi connectivity index (χ2n) is 14.6. The van der Waals surface area contributed by atoms with E-state index in [2.05, 4.69) is 9.82 Å². The summed E-state index contributed by atoms with van der Waals surface area (Å²) in [5.74, 6) is -2.06. The van der Waals surface area contributed by atoms with Crippen molar-refractivity contribution in [1.29, 1.82) is 0 Å². The van der Waals surface area contributed by atoms with E-state index in [-0.39, 0.29) is 76.3 Å². The van der Waals surface area contributed by atoms with Crippen LogP contribution in [0.4, 0.5) is 13.6 Å². The molecule has 2 aromatic carbocycles. The molecular weight excluding hydrogens is 810 g/mol. The molecule has 60 heavy (non-hydrogen) atoms. The Labute approximate surface area is 350 Å². The molecule has 3 aliphatic rings. The lowest BCUT2D eigenvalue weighted by atomic mass is 9.87. The van der Waals surface area contributed by atoms with Crippen molar-refractivity contribution in [2.75, 3.05) is 46.8 Å². The van der Waals surface area contributed by atoms with Crippen molar-refractivity contribution < 1.29 is 56.8 Å². The molecule has 2 aliphatic heterocycles. The third kappa shape index (κ3) is 11.0. The molecule has 2 bridgehead atoms. The summed E-state index contributed by atoms with van der Waals surface area (Å²) < 4.78 is 54.9. The molecule has 2 atom stereocenters. The van der Waals surface area contributed by atoms with Crippen LogP contribution in [0.1, 0.15) is 67.2 Å². The van der Waals surface area contributed by atoms with E-state index in [0.29, 0.717) is 43.6 Å². The zero-order valence-corrected chi connectivity index (χ0v) is 34.1. The summed E-state index contributed by atoms with van der Waals surface area (Å²) in [6.07, 6.45) is 5.43. The smallest absolute Gasteiger partial charge is 0.410 e. The molecule has 1 saturated carbocycles. The number of fused-ring (bicyclic) bond motifs is 2. The number of benzene rings is 2. The molecule has 1 aliphatic carbocycles. The molecule has 2 amide bonds. The Balaban J connectivity index is 1.21. The maximum atomic E-state index is 15.1. The summed E-state index contributed by atoms with van der Waals surface area (Å²) in [4.78, 5) is 62.9. The number of hydrogen-bond donors (Lipinski definition) is 0. The van der Waals surface area contributed by atoms with Crippen LogP contribution >= 0.6 is 11.6 Å². The van der Waals surface area contributed by atoms with Crippen molar-refractivity contribution in [2.24, 2.45) is 0 Å². The number of carbonyl (C=O) groups excluding carboxylic acids is 3. The highest BCUT2D eigenvalue weighted by Crippen LogP contribution is 2.45. The third-order valence-corrected chi connectivity index (χ3v) is 11.1. The van der Waals surface area contributed by atoms with Crippen molar-refractivity contribution in [1.82, 2.24) is 14.8 Å². The topological polar surface area (TPSA) is 169 Å². The van der Waals surface area contributed by atoms with E-state index >= 15 is 4.79 Å². The van der Waals surface area contributed by atoms with Gasteiger partial charge in [-0.2, -0.15) is 0 Å². The Hall–Kier alpha value is -5.55. The van der Waals surface area contributed by atoms with Gasteiger partial charge in [-0.1, -0.05) is 35.9 Å². The van der Waals surface area contributed by atoms with Gasteiger partial charge in [0.15, 0.2) is 11.6 Å². The van der Waals surface area contributed by atoms with E-state index < -0.39 is 39.8 Å². The van der Waals surface area contributed by atoms with E-state index in [1.54, 1.807) is 11.1 Å². The molecule has 2 unspecified atom stereocenters. The molecule has 1 saturated heterocycles. The van der Waals surface area contributed by atoms with Crippen LogP contribution in [0.5, 0.6) is 11.6 Å². The van der Waals surface area contributed by atoms with Gasteiger partial charge < -0.3 is 33.4 Å². The number of methoxy groups -OCH3 is 1. The van der Waals surface area contributed by atoms with Crippen LogP contribution in [0.15, 0.2) is 54.2 Å². The molecule has 3 aromatic rings. The molecule has 6 rings (SSSR count). The molecule has 1 aromatic heterocycles. The van der Waals surface area contributed by atoms with Crippen LogP contribution in [0.3, 0.4) is 0 Å². The Morgan fingerprint density at radius 1 is 0.950 bits per heavy atom. The molecular formula is C42H47ClF2N4O11. The van der Waals surface area contributed by atoms with E-state index in [1.165, 1.54) is 7.11 Å². The van der Waals surface area contributed by atoms with Crippen molar-refractivity contribution in [3.8, 4) is 11.6 Å². The Bertz CT molecular complexity index is 2070. The number of carbonyl (C=O) groups is 3. The van der Waals surface area contributed by atoms with Gasteiger partial charge in [-0.15, -0.1) is 10.1 Å². The molecule has 0 spiro atoms. The van der Waals surface area contributed by atoms with Crippen LogP contribution in [0.2, 0.25) is 5.02 Å². The number of nitrogens with zero attached hydrogens (tertiary/aromatic N) is 4. The first-order chi connectivity index (χ1) is 29.0. The normalized spacial score (nSPS) is 17.0. The maximum Gasteiger partial charge on any atom is 0.410 e. The number of aromatic nitrogens is 1. The number of halogens is 3. The minimum atomic E-state index is -0.912. The summed E-state index contributed by atoms with van der Waals surface area (Å²) >= 11 is 5.90. The Kier molecular flexibility index (Phi) is 15.1. The van der Waals surface area contributed by atoms with Crippen molar-refractivity contribution in [2.45, 2.75) is 83.0 Å². The Morgan fingerprint density at radius 3 is 2.43 bits per heavy atom. The number of amides is 2. The van der Waals surface area contributed by atoms with Crippen LogP contribution in [0, 0.1) is 28.7 Å². The number of aryl methyl sites for hydroxylation is 1. The van der Waals surface area contributed by atoms with Gasteiger partial charge >= 0.3 is 12.1 Å². The van der Waals surface area contributed by atoms with Crippen molar-refractivity contribution in [3.05, 3.63) is 103 Å². The second kappa shape index (κ2) is 20.6. The quantitative estimate of drug-likeness (QED) is 0.0361. The lowest BCUT2D eigenvalue weighted by Crippen LogP contribution is -2.49.